The van der Waals surface area contributed by atoms with Crippen molar-refractivity contribution in [3.05, 3.63) is 28.2 Å². The normalized spacial score (nSPS) is 26.5. The molecular weight excluding hydrogens is 316 g/mol. The molecule has 3 N–H and O–H groups in total. The van der Waals surface area contributed by atoms with Crippen LogP contribution in [-0.4, -0.2) is 24.8 Å². The van der Waals surface area contributed by atoms with Gasteiger partial charge in [0, 0.05) is 23.3 Å². The summed E-state index contributed by atoms with van der Waals surface area (Å²) in [5.74, 6) is 0. The minimum atomic E-state index is -0.0472. The summed E-state index contributed by atoms with van der Waals surface area (Å²) in [5.41, 5.74) is 8.43. The highest BCUT2D eigenvalue weighted by molar-refractivity contribution is 9.10. The van der Waals surface area contributed by atoms with Crippen LogP contribution in [0.1, 0.15) is 38.2 Å². The maximum atomic E-state index is 6.10. The zero-order chi connectivity index (χ0) is 14.6. The van der Waals surface area contributed by atoms with E-state index < -0.39 is 0 Å². The first-order chi connectivity index (χ1) is 9.58. The molecule has 1 aromatic carbocycles. The van der Waals surface area contributed by atoms with Crippen LogP contribution in [0.5, 0.6) is 0 Å². The molecule has 0 radical (unpaired) electrons. The lowest BCUT2D eigenvalue weighted by Crippen LogP contribution is -2.52. The van der Waals surface area contributed by atoms with E-state index in [0.29, 0.717) is 12.6 Å². The fraction of sp³-hybridized carbons (Fsp3) is 0.625. The van der Waals surface area contributed by atoms with Crippen molar-refractivity contribution < 1.29 is 4.74 Å². The van der Waals surface area contributed by atoms with E-state index in [-0.39, 0.29) is 5.54 Å². The van der Waals surface area contributed by atoms with Crippen molar-refractivity contribution in [1.29, 1.82) is 0 Å². The van der Waals surface area contributed by atoms with Crippen molar-refractivity contribution in [1.82, 2.24) is 0 Å². The summed E-state index contributed by atoms with van der Waals surface area (Å²) in [6.45, 7) is 5.73. The first-order valence-corrected chi connectivity index (χ1v) is 8.24. The Bertz CT molecular complexity index is 450. The number of halogens is 1. The fourth-order valence-corrected chi connectivity index (χ4v) is 3.24. The van der Waals surface area contributed by atoms with Crippen molar-refractivity contribution in [3.8, 4) is 0 Å². The summed E-state index contributed by atoms with van der Waals surface area (Å²) in [5, 5.41) is 3.69. The Labute approximate surface area is 130 Å². The number of hydrogen-bond acceptors (Lipinski definition) is 3. The molecule has 0 aromatic heterocycles. The van der Waals surface area contributed by atoms with Crippen LogP contribution >= 0.6 is 15.9 Å². The van der Waals surface area contributed by atoms with Gasteiger partial charge in [-0.15, -0.1) is 0 Å². The molecule has 0 amide bonds. The molecule has 2 unspecified atom stereocenters. The van der Waals surface area contributed by atoms with Crippen LogP contribution in [-0.2, 0) is 4.74 Å². The van der Waals surface area contributed by atoms with E-state index in [4.69, 9.17) is 10.5 Å². The number of hydrogen-bond donors (Lipinski definition) is 2. The van der Waals surface area contributed by atoms with Gasteiger partial charge in [-0.05, 0) is 59.8 Å². The second-order valence-corrected chi connectivity index (χ2v) is 6.68. The topological polar surface area (TPSA) is 47.3 Å². The molecule has 112 valence electrons. The van der Waals surface area contributed by atoms with E-state index in [9.17, 15) is 0 Å². The van der Waals surface area contributed by atoms with Crippen molar-refractivity contribution in [2.45, 2.75) is 51.2 Å². The van der Waals surface area contributed by atoms with Gasteiger partial charge >= 0.3 is 0 Å². The van der Waals surface area contributed by atoms with Crippen molar-refractivity contribution >= 4 is 21.6 Å². The average Bonchev–Trinajstić information content (AvgIpc) is 2.44. The maximum absolute atomic E-state index is 6.10. The molecule has 1 aromatic rings. The predicted molar refractivity (Wildman–Crippen MR) is 88.2 cm³/mol. The first-order valence-electron chi connectivity index (χ1n) is 7.44. The zero-order valence-electron chi connectivity index (χ0n) is 12.4. The molecule has 2 rings (SSSR count). The third-order valence-corrected chi connectivity index (χ3v) is 4.77. The molecule has 2 atom stereocenters. The average molecular weight is 341 g/mol. The van der Waals surface area contributed by atoms with Crippen LogP contribution in [0.15, 0.2) is 22.7 Å². The Hall–Kier alpha value is -0.580. The van der Waals surface area contributed by atoms with Crippen molar-refractivity contribution in [3.63, 3.8) is 0 Å². The van der Waals surface area contributed by atoms with E-state index in [1.165, 1.54) is 5.56 Å². The minimum Gasteiger partial charge on any atom is -0.378 e. The van der Waals surface area contributed by atoms with E-state index in [0.717, 1.165) is 42.5 Å². The van der Waals surface area contributed by atoms with Gasteiger partial charge in [0.1, 0.15) is 0 Å². The summed E-state index contributed by atoms with van der Waals surface area (Å²) < 4.78 is 6.95. The van der Waals surface area contributed by atoms with Gasteiger partial charge in [0.2, 0.25) is 0 Å². The van der Waals surface area contributed by atoms with Crippen LogP contribution in [0.4, 0.5) is 5.69 Å². The number of anilines is 1. The smallest absolute Gasteiger partial charge is 0.0597 e. The monoisotopic (exact) mass is 340 g/mol. The molecule has 20 heavy (non-hydrogen) atoms. The molecule has 1 fully saturated rings. The summed E-state index contributed by atoms with van der Waals surface area (Å²) in [7, 11) is 0. The quantitative estimate of drug-likeness (QED) is 0.855. The van der Waals surface area contributed by atoms with Crippen molar-refractivity contribution in [2.24, 2.45) is 5.73 Å². The summed E-state index contributed by atoms with van der Waals surface area (Å²) >= 11 is 3.62. The van der Waals surface area contributed by atoms with E-state index in [1.54, 1.807) is 0 Å². The SMILES string of the molecule is CCCC1CC(CN)(Nc2cc(C)ccc2Br)CCO1. The molecule has 1 aliphatic rings. The van der Waals surface area contributed by atoms with Gasteiger partial charge in [-0.25, -0.2) is 0 Å². The number of nitrogens with one attached hydrogen (secondary N) is 1. The Balaban J connectivity index is 2.16. The molecule has 0 aliphatic carbocycles. The fourth-order valence-electron chi connectivity index (χ4n) is 2.90. The second-order valence-electron chi connectivity index (χ2n) is 5.83. The van der Waals surface area contributed by atoms with Crippen LogP contribution < -0.4 is 11.1 Å². The molecule has 0 bridgehead atoms. The Morgan fingerprint density at radius 2 is 2.30 bits per heavy atom. The molecule has 1 aliphatic heterocycles. The van der Waals surface area contributed by atoms with E-state index in [2.05, 4.69) is 53.3 Å². The molecule has 1 heterocycles. The molecule has 3 nitrogen and oxygen atoms in total. The van der Waals surface area contributed by atoms with E-state index >= 15 is 0 Å². The summed E-state index contributed by atoms with van der Waals surface area (Å²) in [4.78, 5) is 0. The lowest BCUT2D eigenvalue weighted by Gasteiger charge is -2.42. The third-order valence-electron chi connectivity index (χ3n) is 4.08. The van der Waals surface area contributed by atoms with Gasteiger partial charge in [-0.2, -0.15) is 0 Å². The van der Waals surface area contributed by atoms with Crippen molar-refractivity contribution in [2.75, 3.05) is 18.5 Å². The standard InChI is InChI=1S/C16H25BrN2O/c1-3-4-13-10-16(11-18,7-8-20-13)19-15-9-12(2)5-6-14(15)17/h5-6,9,13,19H,3-4,7-8,10-11,18H2,1-2H3. The van der Waals surface area contributed by atoms with Crippen LogP contribution in [0.3, 0.4) is 0 Å². The van der Waals surface area contributed by atoms with Crippen LogP contribution in [0, 0.1) is 6.92 Å². The number of nitrogens with two attached hydrogens (primary N) is 1. The predicted octanol–water partition coefficient (Wildman–Crippen LogP) is 3.85. The maximum Gasteiger partial charge on any atom is 0.0597 e. The van der Waals surface area contributed by atoms with Gasteiger partial charge in [0.25, 0.3) is 0 Å². The lowest BCUT2D eigenvalue weighted by molar-refractivity contribution is -0.0155. The number of aryl methyl sites for hydroxylation is 1. The number of ether oxygens (including phenoxy) is 1. The highest BCUT2D eigenvalue weighted by atomic mass is 79.9. The molecule has 1 saturated heterocycles. The van der Waals surface area contributed by atoms with Crippen LogP contribution in [0.2, 0.25) is 0 Å². The van der Waals surface area contributed by atoms with Gasteiger partial charge in [-0.3, -0.25) is 0 Å². The largest absolute Gasteiger partial charge is 0.378 e. The number of benzene rings is 1. The van der Waals surface area contributed by atoms with E-state index in [1.807, 2.05) is 0 Å². The van der Waals surface area contributed by atoms with Gasteiger partial charge in [0.05, 0.1) is 11.6 Å². The molecule has 4 heteroatoms. The van der Waals surface area contributed by atoms with Gasteiger partial charge in [-0.1, -0.05) is 19.4 Å². The van der Waals surface area contributed by atoms with Gasteiger partial charge in [0.15, 0.2) is 0 Å². The molecule has 0 saturated carbocycles. The number of rotatable bonds is 5. The second kappa shape index (κ2) is 6.92. The Morgan fingerprint density at radius 3 is 3.00 bits per heavy atom. The van der Waals surface area contributed by atoms with Gasteiger partial charge < -0.3 is 15.8 Å². The third kappa shape index (κ3) is 3.74. The molecular formula is C16H25BrN2O. The first kappa shape index (κ1) is 15.8. The minimum absolute atomic E-state index is 0.0472. The molecule has 0 spiro atoms. The lowest BCUT2D eigenvalue weighted by atomic mass is 9.85. The Morgan fingerprint density at radius 1 is 1.50 bits per heavy atom. The highest BCUT2D eigenvalue weighted by Crippen LogP contribution is 2.33. The zero-order valence-corrected chi connectivity index (χ0v) is 14.0. The summed E-state index contributed by atoms with van der Waals surface area (Å²) in [6.07, 6.45) is 4.54. The van der Waals surface area contributed by atoms with Crippen LogP contribution in [0.25, 0.3) is 0 Å². The summed E-state index contributed by atoms with van der Waals surface area (Å²) in [6, 6.07) is 6.37. The highest BCUT2D eigenvalue weighted by Gasteiger charge is 2.35. The Kier molecular flexibility index (Phi) is 5.47.